The van der Waals surface area contributed by atoms with Crippen molar-refractivity contribution in [3.63, 3.8) is 0 Å². The van der Waals surface area contributed by atoms with Gasteiger partial charge in [-0.2, -0.15) is 5.10 Å². The maximum Gasteiger partial charge on any atom is 0.130 e. The van der Waals surface area contributed by atoms with Gasteiger partial charge in [0.1, 0.15) is 6.23 Å². The molecule has 1 aliphatic carbocycles. The lowest BCUT2D eigenvalue weighted by atomic mass is 9.62. The molecule has 2 fully saturated rings. The molecule has 0 radical (unpaired) electrons. The van der Waals surface area contributed by atoms with Crippen molar-refractivity contribution in [1.82, 2.24) is 15.1 Å². The molecule has 1 saturated carbocycles. The average molecular weight is 405 g/mol. The lowest BCUT2D eigenvalue weighted by Gasteiger charge is -2.46. The Morgan fingerprint density at radius 3 is 2.57 bits per heavy atom. The van der Waals surface area contributed by atoms with E-state index in [1.54, 1.807) is 0 Å². The van der Waals surface area contributed by atoms with E-state index in [1.165, 1.54) is 50.5 Å². The summed E-state index contributed by atoms with van der Waals surface area (Å²) in [5.74, 6) is 0.783. The van der Waals surface area contributed by atoms with Crippen LogP contribution in [0.15, 0.2) is 48.7 Å². The van der Waals surface area contributed by atoms with Crippen LogP contribution in [0, 0.1) is 5.92 Å². The maximum atomic E-state index is 9.86. The van der Waals surface area contributed by atoms with Crippen molar-refractivity contribution in [3.05, 3.63) is 59.8 Å². The monoisotopic (exact) mass is 404 g/mol. The minimum absolute atomic E-state index is 0.267. The van der Waals surface area contributed by atoms with E-state index in [2.05, 4.69) is 29.6 Å². The first kappa shape index (κ1) is 19.7. The third kappa shape index (κ3) is 3.45. The number of fused-ring (bicyclic) bond motifs is 1. The lowest BCUT2D eigenvalue weighted by Crippen LogP contribution is -2.49. The highest BCUT2D eigenvalue weighted by Gasteiger charge is 2.41. The van der Waals surface area contributed by atoms with Crippen molar-refractivity contribution in [3.8, 4) is 5.69 Å². The number of benzene rings is 2. The Kier molecular flexibility index (Phi) is 5.35. The van der Waals surface area contributed by atoms with Gasteiger partial charge in [-0.15, -0.1) is 0 Å². The van der Waals surface area contributed by atoms with E-state index < -0.39 is 6.23 Å². The average Bonchev–Trinajstić information content (AvgIpc) is 3.24. The number of nitrogens with one attached hydrogen (secondary N) is 1. The molecule has 1 unspecified atom stereocenters. The number of aromatic nitrogens is 2. The van der Waals surface area contributed by atoms with E-state index >= 15 is 0 Å². The van der Waals surface area contributed by atoms with Crippen LogP contribution in [0.3, 0.4) is 0 Å². The molecule has 5 rings (SSSR count). The van der Waals surface area contributed by atoms with Gasteiger partial charge in [-0.3, -0.25) is 0 Å². The molecule has 2 atom stereocenters. The van der Waals surface area contributed by atoms with Gasteiger partial charge in [0.2, 0.25) is 0 Å². The molecule has 2 aliphatic rings. The van der Waals surface area contributed by atoms with Crippen LogP contribution in [0.2, 0.25) is 0 Å². The maximum absolute atomic E-state index is 9.86. The highest BCUT2D eigenvalue weighted by atomic mass is 16.3. The second-order valence-corrected chi connectivity index (χ2v) is 9.12. The molecule has 5 nitrogen and oxygen atoms in total. The summed E-state index contributed by atoms with van der Waals surface area (Å²) in [6, 6.07) is 14.8. The first-order valence-electron chi connectivity index (χ1n) is 11.4. The van der Waals surface area contributed by atoms with Crippen molar-refractivity contribution in [2.75, 3.05) is 13.1 Å². The molecule has 30 heavy (non-hydrogen) atoms. The first-order valence-corrected chi connectivity index (χ1v) is 11.4. The van der Waals surface area contributed by atoms with E-state index in [0.29, 0.717) is 5.56 Å². The molecular formula is C25H32N4O. The molecule has 0 bridgehead atoms. The molecule has 1 aliphatic heterocycles. The van der Waals surface area contributed by atoms with Gasteiger partial charge in [-0.25, -0.2) is 4.68 Å². The first-order chi connectivity index (χ1) is 14.7. The largest absolute Gasteiger partial charge is 0.374 e. The zero-order chi connectivity index (χ0) is 20.6. The molecule has 3 aromatic rings. The molecule has 2 aromatic carbocycles. The van der Waals surface area contributed by atoms with Crippen LogP contribution < -0.4 is 11.1 Å². The fourth-order valence-corrected chi connectivity index (χ4v) is 5.80. The van der Waals surface area contributed by atoms with Crippen molar-refractivity contribution < 1.29 is 5.11 Å². The van der Waals surface area contributed by atoms with Crippen LogP contribution >= 0.6 is 0 Å². The summed E-state index contributed by atoms with van der Waals surface area (Å²) in [5, 5.41) is 19.3. The number of piperidine rings is 1. The SMILES string of the molecule is NC(O)c1cccc2cn(-c3ccc([C@@]4(C5CCCCC5)CCCNC4)cc3)nc12. The minimum Gasteiger partial charge on any atom is -0.374 e. The van der Waals surface area contributed by atoms with Crippen LogP contribution in [0.25, 0.3) is 16.6 Å². The summed E-state index contributed by atoms with van der Waals surface area (Å²) >= 11 is 0. The summed E-state index contributed by atoms with van der Waals surface area (Å²) in [6.07, 6.45) is 10.4. The van der Waals surface area contributed by atoms with E-state index in [1.807, 2.05) is 29.1 Å². The molecule has 4 N–H and O–H groups in total. The Morgan fingerprint density at radius 1 is 1.07 bits per heavy atom. The van der Waals surface area contributed by atoms with Crippen molar-refractivity contribution in [2.24, 2.45) is 11.7 Å². The Hall–Kier alpha value is -2.21. The Balaban J connectivity index is 1.48. The number of aliphatic hydroxyl groups is 1. The Morgan fingerprint density at radius 2 is 1.87 bits per heavy atom. The van der Waals surface area contributed by atoms with Gasteiger partial charge < -0.3 is 16.2 Å². The van der Waals surface area contributed by atoms with Crippen LogP contribution in [-0.2, 0) is 5.41 Å². The lowest BCUT2D eigenvalue weighted by molar-refractivity contribution is 0.161. The summed E-state index contributed by atoms with van der Waals surface area (Å²) in [4.78, 5) is 0. The topological polar surface area (TPSA) is 76.1 Å². The van der Waals surface area contributed by atoms with E-state index in [9.17, 15) is 5.11 Å². The molecule has 0 amide bonds. The zero-order valence-corrected chi connectivity index (χ0v) is 17.6. The molecule has 0 spiro atoms. The minimum atomic E-state index is -1.02. The zero-order valence-electron chi connectivity index (χ0n) is 17.6. The van der Waals surface area contributed by atoms with Crippen molar-refractivity contribution >= 4 is 10.9 Å². The van der Waals surface area contributed by atoms with Crippen molar-refractivity contribution in [2.45, 2.75) is 56.6 Å². The second kappa shape index (κ2) is 8.14. The van der Waals surface area contributed by atoms with E-state index in [-0.39, 0.29) is 5.41 Å². The summed E-state index contributed by atoms with van der Waals surface area (Å²) in [6.45, 7) is 2.24. The third-order valence-electron chi connectivity index (χ3n) is 7.40. The summed E-state index contributed by atoms with van der Waals surface area (Å²) in [7, 11) is 0. The number of rotatable bonds is 4. The normalized spacial score (nSPS) is 24.2. The molecule has 1 saturated heterocycles. The fourth-order valence-electron chi connectivity index (χ4n) is 5.80. The molecule has 158 valence electrons. The van der Waals surface area contributed by atoms with Crippen LogP contribution in [0.5, 0.6) is 0 Å². The number of hydrogen-bond donors (Lipinski definition) is 3. The molecule has 5 heteroatoms. The van der Waals surface area contributed by atoms with Gasteiger partial charge in [-0.1, -0.05) is 49.6 Å². The number of aliphatic hydroxyl groups excluding tert-OH is 1. The predicted molar refractivity (Wildman–Crippen MR) is 121 cm³/mol. The van der Waals surface area contributed by atoms with Gasteiger partial charge in [0.15, 0.2) is 0 Å². The fraction of sp³-hybridized carbons (Fsp3) is 0.480. The quantitative estimate of drug-likeness (QED) is 0.570. The highest BCUT2D eigenvalue weighted by Crippen LogP contribution is 2.45. The van der Waals surface area contributed by atoms with Gasteiger partial charge in [0, 0.05) is 29.1 Å². The number of hydrogen-bond acceptors (Lipinski definition) is 4. The predicted octanol–water partition coefficient (Wildman–Crippen LogP) is 4.18. The van der Waals surface area contributed by atoms with Gasteiger partial charge >= 0.3 is 0 Å². The van der Waals surface area contributed by atoms with E-state index in [4.69, 9.17) is 10.8 Å². The van der Waals surface area contributed by atoms with Gasteiger partial charge in [-0.05, 0) is 55.8 Å². The van der Waals surface area contributed by atoms with Crippen LogP contribution in [0.4, 0.5) is 0 Å². The standard InChI is InChI=1S/C25H32N4O/c26-24(30)22-9-4-6-18-16-29(28-23(18)22)21-12-10-20(11-13-21)25(14-5-15-27-17-25)19-7-2-1-3-8-19/h4,6,9-13,16,19,24,27,30H,1-3,5,7-8,14-15,17,26H2/t24?,25-/m0/s1. The number of nitrogens with zero attached hydrogens (tertiary/aromatic N) is 2. The Bertz CT molecular complexity index is 996. The second-order valence-electron chi connectivity index (χ2n) is 9.12. The summed E-state index contributed by atoms with van der Waals surface area (Å²) < 4.78 is 1.90. The molecule has 2 heterocycles. The van der Waals surface area contributed by atoms with Gasteiger partial charge in [0.05, 0.1) is 11.2 Å². The van der Waals surface area contributed by atoms with Crippen LogP contribution in [-0.4, -0.2) is 28.0 Å². The van der Waals surface area contributed by atoms with Crippen molar-refractivity contribution in [1.29, 1.82) is 0 Å². The van der Waals surface area contributed by atoms with Crippen LogP contribution in [0.1, 0.15) is 62.3 Å². The highest BCUT2D eigenvalue weighted by molar-refractivity contribution is 5.82. The molecule has 1 aromatic heterocycles. The van der Waals surface area contributed by atoms with Gasteiger partial charge in [0.25, 0.3) is 0 Å². The molecular weight excluding hydrogens is 372 g/mol. The van der Waals surface area contributed by atoms with E-state index in [0.717, 1.165) is 35.6 Å². The smallest absolute Gasteiger partial charge is 0.130 e. The number of nitrogens with two attached hydrogens (primary N) is 1. The summed E-state index contributed by atoms with van der Waals surface area (Å²) in [5.41, 5.74) is 9.91. The third-order valence-corrected chi connectivity index (χ3v) is 7.40. The Labute approximate surface area is 178 Å².